The summed E-state index contributed by atoms with van der Waals surface area (Å²) in [6.07, 6.45) is -1.86. The Hall–Kier alpha value is -2.59. The van der Waals surface area contributed by atoms with Crippen molar-refractivity contribution in [2.75, 3.05) is 5.32 Å². The van der Waals surface area contributed by atoms with Crippen molar-refractivity contribution in [3.8, 4) is 0 Å². The Morgan fingerprint density at radius 1 is 1.20 bits per heavy atom. The molecule has 0 saturated heterocycles. The van der Waals surface area contributed by atoms with Crippen LogP contribution in [-0.2, 0) is 24.1 Å². The van der Waals surface area contributed by atoms with Crippen molar-refractivity contribution >= 4 is 35.1 Å². The summed E-state index contributed by atoms with van der Waals surface area (Å²) < 4.78 is 41.9. The fourth-order valence-electron chi connectivity index (χ4n) is 3.03. The molecule has 2 heterocycles. The minimum absolute atomic E-state index is 0.0225. The standard InChI is InChI=1S/C18H15Cl2F3N6O/c19-12-4-2-1-3-11(12)7-28-9-24-17(27-28)25-13(30)8-29-15(10-5-6-10)14(20)16(26-29)18(21,22)23/h1-4,9-10H,5-8H2,(H,25,27,30). The number of halogens is 5. The van der Waals surface area contributed by atoms with Crippen LogP contribution in [0.3, 0.4) is 0 Å². The van der Waals surface area contributed by atoms with Gasteiger partial charge >= 0.3 is 6.18 Å². The molecular weight excluding hydrogens is 444 g/mol. The van der Waals surface area contributed by atoms with E-state index in [1.54, 1.807) is 12.1 Å². The number of rotatable bonds is 6. The van der Waals surface area contributed by atoms with Gasteiger partial charge in [0.05, 0.1) is 17.3 Å². The smallest absolute Gasteiger partial charge is 0.292 e. The second kappa shape index (κ2) is 7.92. The van der Waals surface area contributed by atoms with Gasteiger partial charge in [0.15, 0.2) is 5.69 Å². The maximum absolute atomic E-state index is 13.1. The van der Waals surface area contributed by atoms with Crippen LogP contribution in [0.15, 0.2) is 30.6 Å². The van der Waals surface area contributed by atoms with E-state index in [4.69, 9.17) is 23.2 Å². The first-order valence-corrected chi connectivity index (χ1v) is 9.74. The quantitative estimate of drug-likeness (QED) is 0.594. The number of amides is 1. The predicted octanol–water partition coefficient (Wildman–Crippen LogP) is 4.36. The molecule has 0 bridgehead atoms. The lowest BCUT2D eigenvalue weighted by Gasteiger charge is -2.06. The Morgan fingerprint density at radius 3 is 2.60 bits per heavy atom. The third-order valence-electron chi connectivity index (χ3n) is 4.54. The SMILES string of the molecule is O=C(Cn1nc(C(F)(F)F)c(Cl)c1C1CC1)Nc1ncn(Cc2ccccc2Cl)n1. The number of aromatic nitrogens is 5. The van der Waals surface area contributed by atoms with E-state index in [1.807, 2.05) is 12.1 Å². The van der Waals surface area contributed by atoms with Gasteiger partial charge in [0.25, 0.3) is 0 Å². The van der Waals surface area contributed by atoms with Gasteiger partial charge < -0.3 is 0 Å². The summed E-state index contributed by atoms with van der Waals surface area (Å²) in [5, 5.41) is 10.3. The zero-order chi connectivity index (χ0) is 21.5. The van der Waals surface area contributed by atoms with Gasteiger partial charge in [-0.15, -0.1) is 5.10 Å². The summed E-state index contributed by atoms with van der Waals surface area (Å²) in [5.74, 6) is -0.712. The molecule has 0 atom stereocenters. The van der Waals surface area contributed by atoms with Crippen LogP contribution in [0.5, 0.6) is 0 Å². The summed E-state index contributed by atoms with van der Waals surface area (Å²) >= 11 is 12.0. The highest BCUT2D eigenvalue weighted by molar-refractivity contribution is 6.32. The second-order valence-corrected chi connectivity index (χ2v) is 7.67. The number of hydrogen-bond donors (Lipinski definition) is 1. The van der Waals surface area contributed by atoms with E-state index >= 15 is 0 Å². The van der Waals surface area contributed by atoms with Crippen LogP contribution in [0, 0.1) is 0 Å². The normalized spacial score (nSPS) is 14.2. The van der Waals surface area contributed by atoms with E-state index in [9.17, 15) is 18.0 Å². The Labute approximate surface area is 178 Å². The number of benzene rings is 1. The molecule has 1 aliphatic carbocycles. The number of carbonyl (C=O) groups is 1. The monoisotopic (exact) mass is 458 g/mol. The van der Waals surface area contributed by atoms with Gasteiger partial charge in [-0.3, -0.25) is 14.8 Å². The van der Waals surface area contributed by atoms with Crippen molar-refractivity contribution in [3.05, 3.63) is 57.6 Å². The number of carbonyl (C=O) groups excluding carboxylic acids is 1. The third kappa shape index (κ3) is 4.44. The first-order chi connectivity index (χ1) is 14.2. The fraction of sp³-hybridized carbons (Fsp3) is 0.333. The summed E-state index contributed by atoms with van der Waals surface area (Å²) in [4.78, 5) is 16.4. The average Bonchev–Trinajstić information content (AvgIpc) is 3.31. The average molecular weight is 459 g/mol. The van der Waals surface area contributed by atoms with Gasteiger partial charge in [-0.1, -0.05) is 41.4 Å². The second-order valence-electron chi connectivity index (χ2n) is 6.88. The van der Waals surface area contributed by atoms with Gasteiger partial charge in [0.1, 0.15) is 12.9 Å². The zero-order valence-corrected chi connectivity index (χ0v) is 16.8. The number of nitrogens with zero attached hydrogens (tertiary/aromatic N) is 5. The maximum Gasteiger partial charge on any atom is 0.436 e. The van der Waals surface area contributed by atoms with Crippen LogP contribution in [0.25, 0.3) is 0 Å². The third-order valence-corrected chi connectivity index (χ3v) is 5.28. The molecule has 0 aliphatic heterocycles. The Morgan fingerprint density at radius 2 is 1.93 bits per heavy atom. The molecule has 1 N–H and O–H groups in total. The molecule has 1 aliphatic rings. The molecule has 158 valence electrons. The van der Waals surface area contributed by atoms with Crippen molar-refractivity contribution in [2.45, 2.75) is 38.0 Å². The highest BCUT2D eigenvalue weighted by atomic mass is 35.5. The molecule has 0 radical (unpaired) electrons. The van der Waals surface area contributed by atoms with E-state index in [1.165, 1.54) is 11.0 Å². The van der Waals surface area contributed by atoms with Crippen molar-refractivity contribution in [1.29, 1.82) is 0 Å². The number of nitrogens with one attached hydrogen (secondary N) is 1. The molecule has 7 nitrogen and oxygen atoms in total. The summed E-state index contributed by atoms with van der Waals surface area (Å²) in [5.41, 5.74) is -0.126. The summed E-state index contributed by atoms with van der Waals surface area (Å²) in [6.45, 7) is -0.0846. The number of anilines is 1. The molecule has 1 saturated carbocycles. The van der Waals surface area contributed by atoms with Gasteiger partial charge in [0.2, 0.25) is 11.9 Å². The fourth-order valence-corrected chi connectivity index (χ4v) is 3.62. The van der Waals surface area contributed by atoms with Crippen LogP contribution in [0.2, 0.25) is 10.0 Å². The molecule has 4 rings (SSSR count). The van der Waals surface area contributed by atoms with Crippen molar-refractivity contribution in [1.82, 2.24) is 24.5 Å². The zero-order valence-electron chi connectivity index (χ0n) is 15.3. The van der Waals surface area contributed by atoms with Crippen LogP contribution in [-0.4, -0.2) is 30.5 Å². The molecular formula is C18H15Cl2F3N6O. The molecule has 1 amide bonds. The van der Waals surface area contributed by atoms with Crippen molar-refractivity contribution in [2.24, 2.45) is 0 Å². The maximum atomic E-state index is 13.1. The van der Waals surface area contributed by atoms with Crippen LogP contribution < -0.4 is 5.32 Å². The summed E-state index contributed by atoms with van der Waals surface area (Å²) in [7, 11) is 0. The Bertz CT molecular complexity index is 1090. The topological polar surface area (TPSA) is 77.6 Å². The molecule has 3 aromatic rings. The molecule has 2 aromatic heterocycles. The number of alkyl halides is 3. The minimum Gasteiger partial charge on any atom is -0.292 e. The Balaban J connectivity index is 1.46. The molecule has 0 unspecified atom stereocenters. The van der Waals surface area contributed by atoms with Crippen LogP contribution in [0.4, 0.5) is 19.1 Å². The highest BCUT2D eigenvalue weighted by Crippen LogP contribution is 2.46. The van der Waals surface area contributed by atoms with Gasteiger partial charge in [-0.25, -0.2) is 9.67 Å². The van der Waals surface area contributed by atoms with Crippen LogP contribution in [0.1, 0.15) is 35.7 Å². The largest absolute Gasteiger partial charge is 0.436 e. The first-order valence-electron chi connectivity index (χ1n) is 8.98. The van der Waals surface area contributed by atoms with Crippen molar-refractivity contribution in [3.63, 3.8) is 0 Å². The molecule has 12 heteroatoms. The Kier molecular flexibility index (Phi) is 5.46. The highest BCUT2D eigenvalue weighted by Gasteiger charge is 2.42. The van der Waals surface area contributed by atoms with E-state index in [-0.39, 0.29) is 17.6 Å². The first kappa shape index (κ1) is 20.7. The van der Waals surface area contributed by atoms with E-state index in [0.29, 0.717) is 24.4 Å². The molecule has 1 fully saturated rings. The lowest BCUT2D eigenvalue weighted by Crippen LogP contribution is -2.22. The molecule has 30 heavy (non-hydrogen) atoms. The van der Waals surface area contributed by atoms with E-state index < -0.39 is 29.3 Å². The van der Waals surface area contributed by atoms with Crippen LogP contribution >= 0.6 is 23.2 Å². The van der Waals surface area contributed by atoms with Gasteiger partial charge in [0, 0.05) is 10.9 Å². The van der Waals surface area contributed by atoms with E-state index in [0.717, 1.165) is 10.2 Å². The number of hydrogen-bond acceptors (Lipinski definition) is 4. The molecule has 0 spiro atoms. The molecule has 1 aromatic carbocycles. The van der Waals surface area contributed by atoms with Gasteiger partial charge in [-0.2, -0.15) is 18.3 Å². The van der Waals surface area contributed by atoms with Gasteiger partial charge in [-0.05, 0) is 24.5 Å². The van der Waals surface area contributed by atoms with E-state index in [2.05, 4.69) is 20.5 Å². The lowest BCUT2D eigenvalue weighted by atomic mass is 10.2. The summed E-state index contributed by atoms with van der Waals surface area (Å²) in [6, 6.07) is 7.23. The minimum atomic E-state index is -4.69. The lowest BCUT2D eigenvalue weighted by molar-refractivity contribution is -0.141. The predicted molar refractivity (Wildman–Crippen MR) is 103 cm³/mol. The van der Waals surface area contributed by atoms with Crippen molar-refractivity contribution < 1.29 is 18.0 Å².